The first-order chi connectivity index (χ1) is 12.0. The molecule has 138 valence electrons. The lowest BCUT2D eigenvalue weighted by molar-refractivity contribution is -0.145. The van der Waals surface area contributed by atoms with Crippen LogP contribution in [0.1, 0.15) is 38.8 Å². The molecule has 0 aromatic carbocycles. The van der Waals surface area contributed by atoms with Gasteiger partial charge in [-0.1, -0.05) is 19.9 Å². The summed E-state index contributed by atoms with van der Waals surface area (Å²) in [7, 11) is 0. The van der Waals surface area contributed by atoms with Gasteiger partial charge in [-0.3, -0.25) is 4.79 Å². The molecule has 1 aromatic rings. The van der Waals surface area contributed by atoms with Crippen molar-refractivity contribution in [3.8, 4) is 0 Å². The molecular formula is C19H29FN4O. The van der Waals surface area contributed by atoms with E-state index >= 15 is 0 Å². The highest BCUT2D eigenvalue weighted by atomic mass is 19.1. The van der Waals surface area contributed by atoms with Crippen LogP contribution < -0.4 is 10.6 Å². The van der Waals surface area contributed by atoms with Crippen molar-refractivity contribution in [2.75, 3.05) is 31.1 Å². The number of alkyl halides is 1. The fourth-order valence-corrected chi connectivity index (χ4v) is 4.25. The molecule has 2 fully saturated rings. The lowest BCUT2D eigenvalue weighted by Crippen LogP contribution is -2.54. The highest BCUT2D eigenvalue weighted by Crippen LogP contribution is 2.45. The molecule has 1 saturated heterocycles. The molecule has 25 heavy (non-hydrogen) atoms. The number of carbonyl (C=O) groups is 1. The standard InChI is InChI=1S/C19H29FN4O/c1-14(2)19(7-6-15(21)12-19)18(25)24-10-8-23(9-11-24)17-5-3-4-16(13-20)22-17/h3-5,14-15H,6-13,21H2,1-2H3/t15-,19+/m1/s1. The van der Waals surface area contributed by atoms with Gasteiger partial charge in [0.15, 0.2) is 0 Å². The maximum absolute atomic E-state index is 13.2. The van der Waals surface area contributed by atoms with Gasteiger partial charge in [-0.05, 0) is 37.3 Å². The van der Waals surface area contributed by atoms with E-state index in [1.54, 1.807) is 6.07 Å². The van der Waals surface area contributed by atoms with Crippen molar-refractivity contribution >= 4 is 11.7 Å². The van der Waals surface area contributed by atoms with Crippen LogP contribution in [0.2, 0.25) is 0 Å². The minimum Gasteiger partial charge on any atom is -0.353 e. The molecule has 1 aromatic heterocycles. The molecule has 3 rings (SSSR count). The Morgan fingerprint density at radius 1 is 1.36 bits per heavy atom. The third-order valence-corrected chi connectivity index (χ3v) is 5.94. The number of rotatable bonds is 4. The number of amides is 1. The Balaban J connectivity index is 1.66. The summed E-state index contributed by atoms with van der Waals surface area (Å²) in [6.07, 6.45) is 2.62. The summed E-state index contributed by atoms with van der Waals surface area (Å²) >= 11 is 0. The van der Waals surface area contributed by atoms with Crippen molar-refractivity contribution in [3.05, 3.63) is 23.9 Å². The Kier molecular flexibility index (Phi) is 5.27. The average Bonchev–Trinajstić information content (AvgIpc) is 3.04. The number of hydrogen-bond acceptors (Lipinski definition) is 4. The number of halogens is 1. The Morgan fingerprint density at radius 2 is 2.08 bits per heavy atom. The molecule has 2 aliphatic rings. The Hall–Kier alpha value is -1.69. The first-order valence-electron chi connectivity index (χ1n) is 9.28. The molecule has 1 aliphatic carbocycles. The van der Waals surface area contributed by atoms with Crippen LogP contribution in [0.5, 0.6) is 0 Å². The van der Waals surface area contributed by atoms with Crippen LogP contribution >= 0.6 is 0 Å². The molecule has 0 bridgehead atoms. The molecule has 1 amide bonds. The zero-order chi connectivity index (χ0) is 18.0. The summed E-state index contributed by atoms with van der Waals surface area (Å²) in [6, 6.07) is 5.57. The molecule has 0 unspecified atom stereocenters. The second-order valence-corrected chi connectivity index (χ2v) is 7.71. The van der Waals surface area contributed by atoms with E-state index in [0.29, 0.717) is 24.7 Å². The third kappa shape index (κ3) is 3.50. The van der Waals surface area contributed by atoms with Gasteiger partial charge in [-0.25, -0.2) is 9.37 Å². The van der Waals surface area contributed by atoms with Gasteiger partial charge < -0.3 is 15.5 Å². The minimum atomic E-state index is -0.552. The number of nitrogens with zero attached hydrogens (tertiary/aromatic N) is 3. The Morgan fingerprint density at radius 3 is 2.64 bits per heavy atom. The second-order valence-electron chi connectivity index (χ2n) is 7.71. The van der Waals surface area contributed by atoms with Crippen LogP contribution in [0.4, 0.5) is 10.2 Å². The van der Waals surface area contributed by atoms with Crippen LogP contribution in [-0.4, -0.2) is 48.0 Å². The van der Waals surface area contributed by atoms with Crippen molar-refractivity contribution in [2.24, 2.45) is 17.1 Å². The van der Waals surface area contributed by atoms with Crippen LogP contribution in [0.3, 0.4) is 0 Å². The topological polar surface area (TPSA) is 62.5 Å². The lowest BCUT2D eigenvalue weighted by atomic mass is 9.74. The van der Waals surface area contributed by atoms with E-state index in [4.69, 9.17) is 5.73 Å². The van der Waals surface area contributed by atoms with Gasteiger partial charge in [-0.15, -0.1) is 0 Å². The number of hydrogen-bond donors (Lipinski definition) is 1. The highest BCUT2D eigenvalue weighted by molar-refractivity contribution is 5.83. The summed E-state index contributed by atoms with van der Waals surface area (Å²) in [5, 5.41) is 0. The van der Waals surface area contributed by atoms with Crippen molar-refractivity contribution in [2.45, 2.75) is 45.8 Å². The maximum Gasteiger partial charge on any atom is 0.229 e. The normalized spacial score (nSPS) is 27.2. The first kappa shape index (κ1) is 18.1. The van der Waals surface area contributed by atoms with E-state index in [2.05, 4.69) is 23.7 Å². The zero-order valence-corrected chi connectivity index (χ0v) is 15.2. The summed E-state index contributed by atoms with van der Waals surface area (Å²) in [4.78, 5) is 21.7. The molecule has 0 radical (unpaired) electrons. The lowest BCUT2D eigenvalue weighted by Gasteiger charge is -2.42. The van der Waals surface area contributed by atoms with Gasteiger partial charge in [0.25, 0.3) is 0 Å². The van der Waals surface area contributed by atoms with Gasteiger partial charge in [0.1, 0.15) is 12.5 Å². The number of carbonyl (C=O) groups excluding carboxylic acids is 1. The molecule has 5 nitrogen and oxygen atoms in total. The van der Waals surface area contributed by atoms with Gasteiger partial charge in [0.05, 0.1) is 11.1 Å². The molecule has 2 N–H and O–H groups in total. The average molecular weight is 348 g/mol. The van der Waals surface area contributed by atoms with Gasteiger partial charge >= 0.3 is 0 Å². The van der Waals surface area contributed by atoms with Crippen LogP contribution in [0.25, 0.3) is 0 Å². The molecular weight excluding hydrogens is 319 g/mol. The van der Waals surface area contributed by atoms with E-state index in [0.717, 1.165) is 38.2 Å². The predicted octanol–water partition coefficient (Wildman–Crippen LogP) is 2.35. The molecule has 2 atom stereocenters. The number of aromatic nitrogens is 1. The Bertz CT molecular complexity index is 615. The number of pyridine rings is 1. The quantitative estimate of drug-likeness (QED) is 0.907. The third-order valence-electron chi connectivity index (χ3n) is 5.94. The van der Waals surface area contributed by atoms with Crippen molar-refractivity contribution in [3.63, 3.8) is 0 Å². The predicted molar refractivity (Wildman–Crippen MR) is 96.9 cm³/mol. The SMILES string of the molecule is CC(C)[C@]1(C(=O)N2CCN(c3cccc(CF)n3)CC2)CC[C@@H](N)C1. The van der Waals surface area contributed by atoms with Crippen LogP contribution in [-0.2, 0) is 11.5 Å². The van der Waals surface area contributed by atoms with E-state index in [1.807, 2.05) is 17.0 Å². The fraction of sp³-hybridized carbons (Fsp3) is 0.684. The number of nitrogens with two attached hydrogens (primary N) is 1. The summed E-state index contributed by atoms with van der Waals surface area (Å²) in [6.45, 7) is 6.55. The second kappa shape index (κ2) is 7.28. The van der Waals surface area contributed by atoms with Gasteiger partial charge in [0.2, 0.25) is 5.91 Å². The first-order valence-corrected chi connectivity index (χ1v) is 9.28. The maximum atomic E-state index is 13.2. The number of anilines is 1. The number of piperazine rings is 1. The van der Waals surface area contributed by atoms with E-state index in [-0.39, 0.29) is 17.4 Å². The Labute approximate surface area is 149 Å². The molecule has 0 spiro atoms. The smallest absolute Gasteiger partial charge is 0.229 e. The van der Waals surface area contributed by atoms with Gasteiger partial charge in [0, 0.05) is 32.2 Å². The van der Waals surface area contributed by atoms with Crippen molar-refractivity contribution in [1.82, 2.24) is 9.88 Å². The minimum absolute atomic E-state index is 0.139. The largest absolute Gasteiger partial charge is 0.353 e. The fourth-order valence-electron chi connectivity index (χ4n) is 4.25. The van der Waals surface area contributed by atoms with Crippen LogP contribution in [0, 0.1) is 11.3 Å². The van der Waals surface area contributed by atoms with Crippen molar-refractivity contribution < 1.29 is 9.18 Å². The molecule has 1 aliphatic heterocycles. The van der Waals surface area contributed by atoms with E-state index in [1.165, 1.54) is 0 Å². The van der Waals surface area contributed by atoms with Crippen molar-refractivity contribution in [1.29, 1.82) is 0 Å². The highest BCUT2D eigenvalue weighted by Gasteiger charge is 2.48. The van der Waals surface area contributed by atoms with Gasteiger partial charge in [-0.2, -0.15) is 0 Å². The summed E-state index contributed by atoms with van der Waals surface area (Å²) in [5.41, 5.74) is 6.28. The van der Waals surface area contributed by atoms with Crippen LogP contribution in [0.15, 0.2) is 18.2 Å². The molecule has 2 heterocycles. The molecule has 1 saturated carbocycles. The molecule has 6 heteroatoms. The summed E-state index contributed by atoms with van der Waals surface area (Å²) in [5.74, 6) is 1.36. The van der Waals surface area contributed by atoms with E-state index in [9.17, 15) is 9.18 Å². The van der Waals surface area contributed by atoms with E-state index < -0.39 is 6.67 Å². The monoisotopic (exact) mass is 348 g/mol. The zero-order valence-electron chi connectivity index (χ0n) is 15.2. The summed E-state index contributed by atoms with van der Waals surface area (Å²) < 4.78 is 12.8.